The van der Waals surface area contributed by atoms with Gasteiger partial charge in [-0.05, 0) is 23.8 Å². The molecule has 0 saturated carbocycles. The van der Waals surface area contributed by atoms with Crippen LogP contribution in [0, 0.1) is 0 Å². The summed E-state index contributed by atoms with van der Waals surface area (Å²) in [6.45, 7) is 0.481. The molecule has 3 rings (SSSR count). The predicted octanol–water partition coefficient (Wildman–Crippen LogP) is 4.64. The molecular weight excluding hydrogens is 416 g/mol. The van der Waals surface area contributed by atoms with Crippen LogP contribution in [0.5, 0.6) is 5.75 Å². The number of aromatic nitrogens is 2. The van der Waals surface area contributed by atoms with E-state index in [1.54, 1.807) is 19.1 Å². The Balaban J connectivity index is 1.66. The molecule has 2 aromatic carbocycles. The third kappa shape index (κ3) is 4.39. The number of carbonyl (C=O) groups is 1. The second kappa shape index (κ2) is 8.29. The van der Waals surface area contributed by atoms with Crippen LogP contribution in [-0.2, 0) is 6.54 Å². The van der Waals surface area contributed by atoms with Crippen molar-refractivity contribution in [3.05, 3.63) is 58.6 Å². The molecule has 0 fully saturated rings. The van der Waals surface area contributed by atoms with Crippen molar-refractivity contribution < 1.29 is 9.53 Å². The molecule has 0 bridgehead atoms. The molecule has 134 valence electrons. The van der Waals surface area contributed by atoms with Gasteiger partial charge in [0.15, 0.2) is 5.82 Å². The Morgan fingerprint density at radius 1 is 1.27 bits per heavy atom. The minimum atomic E-state index is -0.242. The number of amides is 2. The van der Waals surface area contributed by atoms with Crippen LogP contribution < -0.4 is 10.1 Å². The highest BCUT2D eigenvalue weighted by atomic mass is 79.9. The minimum Gasteiger partial charge on any atom is -0.497 e. The fourth-order valence-corrected chi connectivity index (χ4v) is 3.28. The Kier molecular flexibility index (Phi) is 5.85. The number of benzene rings is 2. The molecule has 1 heterocycles. The molecule has 0 spiro atoms. The van der Waals surface area contributed by atoms with E-state index in [2.05, 4.69) is 30.6 Å². The number of urea groups is 1. The van der Waals surface area contributed by atoms with Gasteiger partial charge in [-0.1, -0.05) is 46.3 Å². The van der Waals surface area contributed by atoms with Crippen LogP contribution in [0.1, 0.15) is 5.56 Å². The second-order valence-corrected chi connectivity index (χ2v) is 7.14. The standard InChI is InChI=1S/C18H17BrN4O2S/c1-23(11-13-6-3-4-9-15(13)19)18(24)21-17-20-16(22-26-17)12-7-5-8-14(10-12)25-2/h3-10H,11H2,1-2H3,(H,20,21,22,24). The van der Waals surface area contributed by atoms with Crippen LogP contribution in [0.15, 0.2) is 53.0 Å². The van der Waals surface area contributed by atoms with Gasteiger partial charge in [-0.15, -0.1) is 0 Å². The van der Waals surface area contributed by atoms with Crippen molar-refractivity contribution in [1.29, 1.82) is 0 Å². The average molecular weight is 433 g/mol. The SMILES string of the molecule is COc1cccc(-c2nsc(NC(=O)N(C)Cc3ccccc3Br)n2)c1. The number of anilines is 1. The molecule has 6 nitrogen and oxygen atoms in total. The van der Waals surface area contributed by atoms with E-state index in [0.717, 1.165) is 32.9 Å². The Bertz CT molecular complexity index is 915. The van der Waals surface area contributed by atoms with Gasteiger partial charge >= 0.3 is 6.03 Å². The van der Waals surface area contributed by atoms with Crippen molar-refractivity contribution in [3.8, 4) is 17.1 Å². The van der Waals surface area contributed by atoms with Crippen molar-refractivity contribution in [2.45, 2.75) is 6.54 Å². The monoisotopic (exact) mass is 432 g/mol. The van der Waals surface area contributed by atoms with E-state index in [1.807, 2.05) is 48.5 Å². The first kappa shape index (κ1) is 18.3. The number of nitrogens with one attached hydrogen (secondary N) is 1. The van der Waals surface area contributed by atoms with E-state index in [4.69, 9.17) is 4.74 Å². The molecule has 1 aromatic heterocycles. The molecule has 0 unspecified atom stereocenters. The first-order chi connectivity index (χ1) is 12.6. The first-order valence-electron chi connectivity index (χ1n) is 7.80. The molecule has 3 aromatic rings. The van der Waals surface area contributed by atoms with Crippen LogP contribution in [0.25, 0.3) is 11.4 Å². The smallest absolute Gasteiger partial charge is 0.323 e. The second-order valence-electron chi connectivity index (χ2n) is 5.53. The van der Waals surface area contributed by atoms with Crippen molar-refractivity contribution in [1.82, 2.24) is 14.3 Å². The van der Waals surface area contributed by atoms with Gasteiger partial charge in [0.1, 0.15) is 5.75 Å². The van der Waals surface area contributed by atoms with E-state index in [9.17, 15) is 4.79 Å². The molecule has 0 atom stereocenters. The van der Waals surface area contributed by atoms with Crippen molar-refractivity contribution in [2.24, 2.45) is 0 Å². The number of nitrogens with zero attached hydrogens (tertiary/aromatic N) is 3. The van der Waals surface area contributed by atoms with Crippen LogP contribution in [0.3, 0.4) is 0 Å². The van der Waals surface area contributed by atoms with E-state index >= 15 is 0 Å². The highest BCUT2D eigenvalue weighted by molar-refractivity contribution is 9.10. The lowest BCUT2D eigenvalue weighted by molar-refractivity contribution is 0.220. The maximum atomic E-state index is 12.4. The maximum Gasteiger partial charge on any atom is 0.323 e. The number of halogens is 1. The summed E-state index contributed by atoms with van der Waals surface area (Å²) in [7, 11) is 3.35. The van der Waals surface area contributed by atoms with Gasteiger partial charge in [-0.3, -0.25) is 5.32 Å². The van der Waals surface area contributed by atoms with E-state index in [0.29, 0.717) is 17.5 Å². The summed E-state index contributed by atoms with van der Waals surface area (Å²) < 4.78 is 10.5. The Labute approximate surface area is 164 Å². The highest BCUT2D eigenvalue weighted by Gasteiger charge is 2.14. The third-order valence-corrected chi connectivity index (χ3v) is 5.08. The Morgan fingerprint density at radius 2 is 2.08 bits per heavy atom. The molecule has 8 heteroatoms. The molecule has 0 saturated heterocycles. The molecule has 0 aliphatic carbocycles. The van der Waals surface area contributed by atoms with Crippen LogP contribution in [0.2, 0.25) is 0 Å². The van der Waals surface area contributed by atoms with Crippen molar-refractivity contribution in [2.75, 3.05) is 19.5 Å². The average Bonchev–Trinajstić information content (AvgIpc) is 3.12. The zero-order chi connectivity index (χ0) is 18.5. The zero-order valence-electron chi connectivity index (χ0n) is 14.3. The van der Waals surface area contributed by atoms with E-state index in [1.165, 1.54) is 0 Å². The number of rotatable bonds is 5. The fraction of sp³-hybridized carbons (Fsp3) is 0.167. The topological polar surface area (TPSA) is 67.3 Å². The normalized spacial score (nSPS) is 10.4. The lowest BCUT2D eigenvalue weighted by Gasteiger charge is -2.17. The van der Waals surface area contributed by atoms with Gasteiger partial charge in [0, 0.05) is 35.2 Å². The largest absolute Gasteiger partial charge is 0.497 e. The highest BCUT2D eigenvalue weighted by Crippen LogP contribution is 2.25. The summed E-state index contributed by atoms with van der Waals surface area (Å²) in [5, 5.41) is 3.24. The summed E-state index contributed by atoms with van der Waals surface area (Å²) in [5.74, 6) is 1.29. The summed E-state index contributed by atoms with van der Waals surface area (Å²) >= 11 is 4.64. The van der Waals surface area contributed by atoms with Gasteiger partial charge in [-0.2, -0.15) is 9.36 Å². The number of methoxy groups -OCH3 is 1. The molecular formula is C18H17BrN4O2S. The lowest BCUT2D eigenvalue weighted by atomic mass is 10.2. The Morgan fingerprint density at radius 3 is 2.85 bits per heavy atom. The third-order valence-electron chi connectivity index (χ3n) is 3.68. The van der Waals surface area contributed by atoms with E-state index in [-0.39, 0.29) is 6.03 Å². The molecule has 26 heavy (non-hydrogen) atoms. The molecule has 0 aliphatic heterocycles. The summed E-state index contributed by atoms with van der Waals surface area (Å²) in [4.78, 5) is 18.4. The lowest BCUT2D eigenvalue weighted by Crippen LogP contribution is -2.30. The molecule has 1 N–H and O–H groups in total. The number of ether oxygens (including phenoxy) is 1. The van der Waals surface area contributed by atoms with E-state index < -0.39 is 0 Å². The molecule has 0 aliphatic rings. The van der Waals surface area contributed by atoms with Gasteiger partial charge in [0.05, 0.1) is 7.11 Å². The zero-order valence-corrected chi connectivity index (χ0v) is 16.7. The van der Waals surface area contributed by atoms with Crippen LogP contribution in [-0.4, -0.2) is 34.4 Å². The Hall–Kier alpha value is -2.45. The van der Waals surface area contributed by atoms with Crippen LogP contribution in [0.4, 0.5) is 9.93 Å². The van der Waals surface area contributed by atoms with Gasteiger partial charge < -0.3 is 9.64 Å². The predicted molar refractivity (Wildman–Crippen MR) is 107 cm³/mol. The molecule has 2 amide bonds. The summed E-state index contributed by atoms with van der Waals surface area (Å²) in [5.41, 5.74) is 1.86. The minimum absolute atomic E-state index is 0.242. The first-order valence-corrected chi connectivity index (χ1v) is 9.37. The number of hydrogen-bond acceptors (Lipinski definition) is 5. The summed E-state index contributed by atoms with van der Waals surface area (Å²) in [6, 6.07) is 15.0. The molecule has 0 radical (unpaired) electrons. The summed E-state index contributed by atoms with van der Waals surface area (Å²) in [6.07, 6.45) is 0. The quantitative estimate of drug-likeness (QED) is 0.637. The van der Waals surface area contributed by atoms with Gasteiger partial charge in [-0.25, -0.2) is 4.79 Å². The van der Waals surface area contributed by atoms with Gasteiger partial charge in [0.2, 0.25) is 5.13 Å². The fourth-order valence-electron chi connectivity index (χ4n) is 2.29. The number of carbonyl (C=O) groups excluding carboxylic acids is 1. The van der Waals surface area contributed by atoms with Crippen LogP contribution >= 0.6 is 27.5 Å². The van der Waals surface area contributed by atoms with Gasteiger partial charge in [0.25, 0.3) is 0 Å². The maximum absolute atomic E-state index is 12.4. The number of hydrogen-bond donors (Lipinski definition) is 1. The van der Waals surface area contributed by atoms with Crippen molar-refractivity contribution >= 4 is 38.6 Å². The van der Waals surface area contributed by atoms with Crippen molar-refractivity contribution in [3.63, 3.8) is 0 Å².